The van der Waals surface area contributed by atoms with E-state index in [0.29, 0.717) is 0 Å². The lowest BCUT2D eigenvalue weighted by atomic mass is 9.71. The number of primary sulfonamides is 1. The second kappa shape index (κ2) is 5.75. The average molecular weight is 348 g/mol. The minimum absolute atomic E-state index is 0.0588. The molecule has 7 heteroatoms. The van der Waals surface area contributed by atoms with E-state index in [4.69, 9.17) is 9.56 Å². The van der Waals surface area contributed by atoms with E-state index in [0.717, 1.165) is 18.4 Å². The highest BCUT2D eigenvalue weighted by Crippen LogP contribution is 2.41. The van der Waals surface area contributed by atoms with Crippen molar-refractivity contribution in [3.8, 4) is 0 Å². The fourth-order valence-electron chi connectivity index (χ4n) is 3.19. The van der Waals surface area contributed by atoms with Crippen LogP contribution in [0.15, 0.2) is 45.9 Å². The van der Waals surface area contributed by atoms with Crippen molar-refractivity contribution in [1.82, 2.24) is 5.32 Å². The van der Waals surface area contributed by atoms with Gasteiger partial charge in [0.05, 0.1) is 6.04 Å². The predicted octanol–water partition coefficient (Wildman–Crippen LogP) is 2.47. The smallest absolute Gasteiger partial charge is 0.287 e. The molecule has 0 bridgehead atoms. The summed E-state index contributed by atoms with van der Waals surface area (Å²) in [5, 5.41) is 7.50. The predicted molar refractivity (Wildman–Crippen MR) is 89.0 cm³/mol. The molecule has 0 radical (unpaired) electrons. The zero-order chi connectivity index (χ0) is 17.5. The molecule has 128 valence electrons. The van der Waals surface area contributed by atoms with Crippen molar-refractivity contribution in [2.45, 2.75) is 43.2 Å². The van der Waals surface area contributed by atoms with Gasteiger partial charge in [-0.25, -0.2) is 13.6 Å². The Morgan fingerprint density at radius 2 is 1.96 bits per heavy atom. The first-order valence-corrected chi connectivity index (χ1v) is 9.26. The quantitative estimate of drug-likeness (QED) is 0.889. The van der Waals surface area contributed by atoms with Crippen LogP contribution in [0.4, 0.5) is 0 Å². The molecule has 3 rings (SSSR count). The van der Waals surface area contributed by atoms with E-state index in [9.17, 15) is 13.2 Å². The van der Waals surface area contributed by atoms with E-state index in [1.54, 1.807) is 0 Å². The van der Waals surface area contributed by atoms with Crippen LogP contribution in [0.5, 0.6) is 0 Å². The number of carbonyl (C=O) groups is 1. The molecular weight excluding hydrogens is 328 g/mol. The van der Waals surface area contributed by atoms with Crippen LogP contribution in [-0.2, 0) is 15.4 Å². The Hall–Kier alpha value is -2.12. The van der Waals surface area contributed by atoms with Crippen molar-refractivity contribution in [2.75, 3.05) is 0 Å². The van der Waals surface area contributed by atoms with Gasteiger partial charge in [-0.15, -0.1) is 0 Å². The Morgan fingerprint density at radius 1 is 1.25 bits per heavy atom. The molecule has 24 heavy (non-hydrogen) atoms. The molecule has 1 aromatic carbocycles. The van der Waals surface area contributed by atoms with Gasteiger partial charge in [-0.1, -0.05) is 38.1 Å². The van der Waals surface area contributed by atoms with Gasteiger partial charge in [-0.05, 0) is 41.5 Å². The molecule has 0 saturated heterocycles. The molecule has 1 aliphatic carbocycles. The highest BCUT2D eigenvalue weighted by molar-refractivity contribution is 7.89. The summed E-state index contributed by atoms with van der Waals surface area (Å²) < 4.78 is 27.5. The molecule has 0 aliphatic heterocycles. The zero-order valence-corrected chi connectivity index (χ0v) is 14.4. The Balaban J connectivity index is 1.84. The topological polar surface area (TPSA) is 102 Å². The fraction of sp³-hybridized carbons (Fsp3) is 0.353. The third-order valence-electron chi connectivity index (χ3n) is 4.51. The van der Waals surface area contributed by atoms with E-state index >= 15 is 0 Å². The van der Waals surface area contributed by atoms with Crippen molar-refractivity contribution >= 4 is 15.9 Å². The van der Waals surface area contributed by atoms with Gasteiger partial charge in [0.2, 0.25) is 5.09 Å². The molecule has 1 aliphatic rings. The average Bonchev–Trinajstić information content (AvgIpc) is 3.01. The molecule has 1 aromatic heterocycles. The summed E-state index contributed by atoms with van der Waals surface area (Å²) in [6.07, 6.45) is 1.74. The summed E-state index contributed by atoms with van der Waals surface area (Å²) in [5.41, 5.74) is 2.36. The minimum Gasteiger partial charge on any atom is -0.438 e. The van der Waals surface area contributed by atoms with Crippen LogP contribution in [0, 0.1) is 0 Å². The molecule has 1 heterocycles. The van der Waals surface area contributed by atoms with E-state index in [1.165, 1.54) is 17.7 Å². The molecule has 1 atom stereocenters. The third-order valence-corrected chi connectivity index (χ3v) is 5.29. The summed E-state index contributed by atoms with van der Waals surface area (Å²) in [6.45, 7) is 4.38. The maximum atomic E-state index is 12.4. The van der Waals surface area contributed by atoms with Gasteiger partial charge in [0, 0.05) is 0 Å². The first-order chi connectivity index (χ1) is 11.2. The molecule has 0 fully saturated rings. The zero-order valence-electron chi connectivity index (χ0n) is 13.6. The number of nitrogens with two attached hydrogens (primary N) is 1. The number of nitrogens with one attached hydrogen (secondary N) is 1. The Bertz CT molecular complexity index is 884. The number of benzene rings is 1. The normalized spacial score (nSPS) is 19.5. The molecular formula is C17H20N2O4S. The Morgan fingerprint density at radius 3 is 2.62 bits per heavy atom. The highest BCUT2D eigenvalue weighted by atomic mass is 32.2. The molecule has 3 N–H and O–H groups in total. The van der Waals surface area contributed by atoms with E-state index in [-0.39, 0.29) is 17.2 Å². The lowest BCUT2D eigenvalue weighted by molar-refractivity contribution is 0.0896. The van der Waals surface area contributed by atoms with Crippen molar-refractivity contribution < 1.29 is 17.6 Å². The van der Waals surface area contributed by atoms with Crippen LogP contribution < -0.4 is 10.5 Å². The van der Waals surface area contributed by atoms with Gasteiger partial charge in [0.1, 0.15) is 0 Å². The highest BCUT2D eigenvalue weighted by Gasteiger charge is 2.33. The van der Waals surface area contributed by atoms with Gasteiger partial charge in [-0.2, -0.15) is 0 Å². The largest absolute Gasteiger partial charge is 0.438 e. The summed E-state index contributed by atoms with van der Waals surface area (Å²) >= 11 is 0. The number of carbonyl (C=O) groups excluding carboxylic acids is 1. The minimum atomic E-state index is -3.96. The lowest BCUT2D eigenvalue weighted by Gasteiger charge is -2.37. The number of fused-ring (bicyclic) bond motifs is 1. The van der Waals surface area contributed by atoms with Crippen LogP contribution >= 0.6 is 0 Å². The summed E-state index contributed by atoms with van der Waals surface area (Å²) in [5.74, 6) is -0.522. The molecule has 6 nitrogen and oxygen atoms in total. The maximum Gasteiger partial charge on any atom is 0.287 e. The monoisotopic (exact) mass is 348 g/mol. The van der Waals surface area contributed by atoms with E-state index < -0.39 is 21.0 Å². The molecule has 1 unspecified atom stereocenters. The number of amides is 1. The van der Waals surface area contributed by atoms with Gasteiger partial charge in [0.25, 0.3) is 15.9 Å². The maximum absolute atomic E-state index is 12.4. The molecule has 2 aromatic rings. The van der Waals surface area contributed by atoms with Crippen LogP contribution in [0.25, 0.3) is 0 Å². The second-order valence-electron chi connectivity index (χ2n) is 6.70. The molecule has 0 spiro atoms. The number of hydrogen-bond donors (Lipinski definition) is 2. The Kier molecular flexibility index (Phi) is 4.01. The van der Waals surface area contributed by atoms with Crippen LogP contribution in [0.2, 0.25) is 0 Å². The third kappa shape index (κ3) is 3.09. The van der Waals surface area contributed by atoms with Crippen LogP contribution in [0.1, 0.15) is 54.4 Å². The van der Waals surface area contributed by atoms with Crippen LogP contribution in [-0.4, -0.2) is 14.3 Å². The number of sulfonamides is 1. The first kappa shape index (κ1) is 16.7. The van der Waals surface area contributed by atoms with Gasteiger partial charge >= 0.3 is 0 Å². The van der Waals surface area contributed by atoms with Crippen molar-refractivity contribution in [2.24, 2.45) is 5.14 Å². The van der Waals surface area contributed by atoms with Crippen LogP contribution in [0.3, 0.4) is 0 Å². The molecule has 1 amide bonds. The van der Waals surface area contributed by atoms with Gasteiger partial charge in [0.15, 0.2) is 5.76 Å². The SMILES string of the molecule is CC1(C)CCC(NC(=O)c2ccc(S(N)(=O)=O)o2)c2ccccc21. The van der Waals surface area contributed by atoms with E-state index in [1.807, 2.05) is 18.2 Å². The lowest BCUT2D eigenvalue weighted by Crippen LogP contribution is -2.35. The number of hydrogen-bond acceptors (Lipinski definition) is 4. The van der Waals surface area contributed by atoms with Crippen molar-refractivity contribution in [3.05, 3.63) is 53.3 Å². The first-order valence-electron chi connectivity index (χ1n) is 7.71. The second-order valence-corrected chi connectivity index (χ2v) is 8.19. The standard InChI is InChI=1S/C17H20N2O4S/c1-17(2)10-9-13(11-5-3-4-6-12(11)17)19-16(20)14-7-8-15(23-14)24(18,21)22/h3-8,13H,9-10H2,1-2H3,(H,19,20)(H2,18,21,22). The fourth-order valence-corrected chi connectivity index (χ4v) is 3.65. The van der Waals surface area contributed by atoms with Crippen molar-refractivity contribution in [3.63, 3.8) is 0 Å². The molecule has 0 saturated carbocycles. The summed E-state index contributed by atoms with van der Waals surface area (Å²) in [7, 11) is -3.96. The van der Waals surface area contributed by atoms with Gasteiger partial charge in [-0.3, -0.25) is 4.79 Å². The van der Waals surface area contributed by atoms with E-state index in [2.05, 4.69) is 25.2 Å². The summed E-state index contributed by atoms with van der Waals surface area (Å²) in [4.78, 5) is 12.4. The summed E-state index contributed by atoms with van der Waals surface area (Å²) in [6, 6.07) is 10.4. The van der Waals surface area contributed by atoms with Gasteiger partial charge < -0.3 is 9.73 Å². The number of furan rings is 1. The Labute approximate surface area is 141 Å². The van der Waals surface area contributed by atoms with Crippen molar-refractivity contribution in [1.29, 1.82) is 0 Å². The number of rotatable bonds is 3.